The van der Waals surface area contributed by atoms with Gasteiger partial charge >= 0.3 is 5.97 Å². The molecule has 1 atom stereocenters. The van der Waals surface area contributed by atoms with Gasteiger partial charge in [0.2, 0.25) is 0 Å². The van der Waals surface area contributed by atoms with Crippen molar-refractivity contribution in [3.05, 3.63) is 29.8 Å². The van der Waals surface area contributed by atoms with E-state index in [1.165, 1.54) is 24.8 Å². The number of ether oxygens (including phenoxy) is 1. The molecule has 0 saturated heterocycles. The normalized spacial score (nSPS) is 18.8. The number of aryl methyl sites for hydroxylation is 1. The van der Waals surface area contributed by atoms with Crippen LogP contribution in [0.2, 0.25) is 0 Å². The Morgan fingerprint density at radius 3 is 2.67 bits per heavy atom. The van der Waals surface area contributed by atoms with Crippen molar-refractivity contribution < 1.29 is 9.53 Å². The minimum Gasteiger partial charge on any atom is -0.464 e. The first-order valence-corrected chi connectivity index (χ1v) is 8.08. The molecule has 1 unspecified atom stereocenters. The number of carbonyl (C=O) groups is 1. The molecule has 2 rings (SSSR count). The van der Waals surface area contributed by atoms with Crippen LogP contribution in [0.25, 0.3) is 0 Å². The van der Waals surface area contributed by atoms with E-state index in [2.05, 4.69) is 24.4 Å². The van der Waals surface area contributed by atoms with E-state index in [0.717, 1.165) is 18.5 Å². The van der Waals surface area contributed by atoms with Crippen LogP contribution in [-0.4, -0.2) is 18.1 Å². The smallest absolute Gasteiger partial charge is 0.331 e. The standard InChI is InChI=1S/C18H27NO2/c1-4-21-17(20)18(3,15-10-6-5-7-11-15)19-16-12-8-9-14(2)13-16/h8-9,12-13,15,19H,4-7,10-11H2,1-3H3. The monoisotopic (exact) mass is 289 g/mol. The van der Waals surface area contributed by atoms with E-state index in [1.807, 2.05) is 26.0 Å². The predicted octanol–water partition coefficient (Wildman–Crippen LogP) is 4.31. The van der Waals surface area contributed by atoms with Crippen LogP contribution in [0.3, 0.4) is 0 Å². The van der Waals surface area contributed by atoms with Gasteiger partial charge in [-0.1, -0.05) is 31.4 Å². The van der Waals surface area contributed by atoms with Gasteiger partial charge in [0, 0.05) is 5.69 Å². The molecule has 0 radical (unpaired) electrons. The molecule has 1 fully saturated rings. The van der Waals surface area contributed by atoms with Crippen LogP contribution < -0.4 is 5.32 Å². The van der Waals surface area contributed by atoms with Gasteiger partial charge in [0.25, 0.3) is 0 Å². The Morgan fingerprint density at radius 2 is 2.05 bits per heavy atom. The molecule has 1 aliphatic rings. The summed E-state index contributed by atoms with van der Waals surface area (Å²) in [5.41, 5.74) is 1.55. The van der Waals surface area contributed by atoms with Crippen LogP contribution in [0.1, 0.15) is 51.5 Å². The van der Waals surface area contributed by atoms with Gasteiger partial charge in [0.15, 0.2) is 0 Å². The van der Waals surface area contributed by atoms with E-state index in [1.54, 1.807) is 0 Å². The summed E-state index contributed by atoms with van der Waals surface area (Å²) in [6.07, 6.45) is 5.87. The highest BCUT2D eigenvalue weighted by Crippen LogP contribution is 2.36. The number of carbonyl (C=O) groups excluding carboxylic acids is 1. The molecule has 3 heteroatoms. The highest BCUT2D eigenvalue weighted by Gasteiger charge is 2.42. The number of anilines is 1. The second-order valence-electron chi connectivity index (χ2n) is 6.25. The average Bonchev–Trinajstić information content (AvgIpc) is 2.48. The van der Waals surface area contributed by atoms with Crippen molar-refractivity contribution in [2.45, 2.75) is 58.4 Å². The third-order valence-electron chi connectivity index (χ3n) is 4.54. The number of hydrogen-bond acceptors (Lipinski definition) is 3. The van der Waals surface area contributed by atoms with E-state index in [-0.39, 0.29) is 5.97 Å². The van der Waals surface area contributed by atoms with Crippen LogP contribution in [-0.2, 0) is 9.53 Å². The van der Waals surface area contributed by atoms with Crippen molar-refractivity contribution >= 4 is 11.7 Å². The van der Waals surface area contributed by atoms with E-state index in [0.29, 0.717) is 12.5 Å². The fraction of sp³-hybridized carbons (Fsp3) is 0.611. The van der Waals surface area contributed by atoms with Crippen LogP contribution in [0.4, 0.5) is 5.69 Å². The molecular weight excluding hydrogens is 262 g/mol. The Labute approximate surface area is 128 Å². The summed E-state index contributed by atoms with van der Waals surface area (Å²) < 4.78 is 5.36. The second-order valence-corrected chi connectivity index (χ2v) is 6.25. The van der Waals surface area contributed by atoms with Gasteiger partial charge in [0.05, 0.1) is 6.61 Å². The Bertz CT molecular complexity index is 480. The molecule has 1 aliphatic carbocycles. The molecule has 0 amide bonds. The number of nitrogens with one attached hydrogen (secondary N) is 1. The SMILES string of the molecule is CCOC(=O)C(C)(Nc1cccc(C)c1)C1CCCCC1. The van der Waals surface area contributed by atoms with Crippen molar-refractivity contribution in [1.29, 1.82) is 0 Å². The lowest BCUT2D eigenvalue weighted by Gasteiger charge is -2.39. The summed E-state index contributed by atoms with van der Waals surface area (Å²) in [7, 11) is 0. The van der Waals surface area contributed by atoms with Crippen LogP contribution in [0.5, 0.6) is 0 Å². The van der Waals surface area contributed by atoms with Gasteiger partial charge in [-0.25, -0.2) is 4.79 Å². The van der Waals surface area contributed by atoms with Gasteiger partial charge < -0.3 is 10.1 Å². The molecule has 0 aliphatic heterocycles. The van der Waals surface area contributed by atoms with E-state index >= 15 is 0 Å². The molecule has 0 bridgehead atoms. The topological polar surface area (TPSA) is 38.3 Å². The summed E-state index contributed by atoms with van der Waals surface area (Å²) in [5, 5.41) is 3.48. The van der Waals surface area contributed by atoms with Crippen molar-refractivity contribution in [2.24, 2.45) is 5.92 Å². The second kappa shape index (κ2) is 6.97. The maximum absolute atomic E-state index is 12.6. The molecule has 0 heterocycles. The van der Waals surface area contributed by atoms with Gasteiger partial charge in [-0.3, -0.25) is 0 Å². The fourth-order valence-corrected chi connectivity index (χ4v) is 3.30. The van der Waals surface area contributed by atoms with Crippen LogP contribution in [0.15, 0.2) is 24.3 Å². The molecule has 0 aromatic heterocycles. The summed E-state index contributed by atoms with van der Waals surface area (Å²) in [6, 6.07) is 8.19. The fourth-order valence-electron chi connectivity index (χ4n) is 3.30. The van der Waals surface area contributed by atoms with Crippen molar-refractivity contribution in [3.63, 3.8) is 0 Å². The highest BCUT2D eigenvalue weighted by atomic mass is 16.5. The number of benzene rings is 1. The van der Waals surface area contributed by atoms with Crippen LogP contribution in [0, 0.1) is 12.8 Å². The molecule has 1 N–H and O–H groups in total. The molecule has 1 aromatic carbocycles. The Hall–Kier alpha value is -1.51. The predicted molar refractivity (Wildman–Crippen MR) is 86.4 cm³/mol. The van der Waals surface area contributed by atoms with Crippen molar-refractivity contribution in [3.8, 4) is 0 Å². The minimum atomic E-state index is -0.635. The number of rotatable bonds is 5. The first kappa shape index (κ1) is 15.9. The molecule has 1 saturated carbocycles. The zero-order valence-electron chi connectivity index (χ0n) is 13.4. The third kappa shape index (κ3) is 3.78. The first-order valence-electron chi connectivity index (χ1n) is 8.08. The molecule has 3 nitrogen and oxygen atoms in total. The molecular formula is C18H27NO2. The summed E-state index contributed by atoms with van der Waals surface area (Å²) in [6.45, 7) is 6.36. The summed E-state index contributed by atoms with van der Waals surface area (Å²) in [5.74, 6) is 0.212. The maximum atomic E-state index is 12.6. The van der Waals surface area contributed by atoms with Crippen molar-refractivity contribution in [1.82, 2.24) is 0 Å². The Morgan fingerprint density at radius 1 is 1.33 bits per heavy atom. The average molecular weight is 289 g/mol. The van der Waals surface area contributed by atoms with E-state index in [4.69, 9.17) is 4.74 Å². The van der Waals surface area contributed by atoms with E-state index in [9.17, 15) is 4.79 Å². The number of esters is 1. The zero-order chi connectivity index (χ0) is 15.3. The summed E-state index contributed by atoms with van der Waals surface area (Å²) >= 11 is 0. The molecule has 21 heavy (non-hydrogen) atoms. The molecule has 1 aromatic rings. The lowest BCUT2D eigenvalue weighted by atomic mass is 9.75. The molecule has 0 spiro atoms. The Balaban J connectivity index is 2.24. The van der Waals surface area contributed by atoms with Crippen molar-refractivity contribution in [2.75, 3.05) is 11.9 Å². The third-order valence-corrected chi connectivity index (χ3v) is 4.54. The first-order chi connectivity index (χ1) is 10.1. The van der Waals surface area contributed by atoms with Gasteiger partial charge in [-0.15, -0.1) is 0 Å². The highest BCUT2D eigenvalue weighted by molar-refractivity contribution is 5.84. The largest absolute Gasteiger partial charge is 0.464 e. The Kier molecular flexibility index (Phi) is 5.27. The lowest BCUT2D eigenvalue weighted by molar-refractivity contribution is -0.150. The lowest BCUT2D eigenvalue weighted by Crippen LogP contribution is -2.51. The zero-order valence-corrected chi connectivity index (χ0v) is 13.4. The number of hydrogen-bond donors (Lipinski definition) is 1. The van der Waals surface area contributed by atoms with Gasteiger partial charge in [0.1, 0.15) is 5.54 Å². The quantitative estimate of drug-likeness (QED) is 0.821. The van der Waals surface area contributed by atoms with E-state index < -0.39 is 5.54 Å². The van der Waals surface area contributed by atoms with Crippen LogP contribution >= 0.6 is 0 Å². The molecule has 116 valence electrons. The van der Waals surface area contributed by atoms with Gasteiger partial charge in [-0.05, 0) is 57.2 Å². The summed E-state index contributed by atoms with van der Waals surface area (Å²) in [4.78, 5) is 12.6. The van der Waals surface area contributed by atoms with Gasteiger partial charge in [-0.2, -0.15) is 0 Å². The minimum absolute atomic E-state index is 0.126. The maximum Gasteiger partial charge on any atom is 0.331 e.